The summed E-state index contributed by atoms with van der Waals surface area (Å²) in [4.78, 5) is 135. The highest BCUT2D eigenvalue weighted by atomic mass is 35.5. The second-order valence-corrected chi connectivity index (χ2v) is 32.5. The first-order chi connectivity index (χ1) is 59.0. The molecule has 0 aliphatic carbocycles. The topological polar surface area (TPSA) is 537 Å². The van der Waals surface area contributed by atoms with Crippen LogP contribution in [-0.2, 0) is 76.9 Å². The molecule has 662 valence electrons. The van der Waals surface area contributed by atoms with E-state index in [0.29, 0.717) is 12.1 Å². The number of nitrogens with one attached hydrogen (secondary N) is 10. The lowest BCUT2D eigenvalue weighted by Crippen LogP contribution is -2.66. The van der Waals surface area contributed by atoms with E-state index in [2.05, 4.69) is 60.1 Å². The number of aromatic hydroxyl groups is 3. The summed E-state index contributed by atoms with van der Waals surface area (Å²) in [7, 11) is 1.47. The van der Waals surface area contributed by atoms with E-state index in [1.807, 2.05) is 38.1 Å². The van der Waals surface area contributed by atoms with Crippen LogP contribution in [0.3, 0.4) is 0 Å². The first-order valence-corrected chi connectivity index (χ1v) is 40.8. The van der Waals surface area contributed by atoms with E-state index >= 15 is 24.0 Å². The number of hydrogen-bond acceptors (Lipinski definition) is 26. The van der Waals surface area contributed by atoms with Crippen LogP contribution < -0.4 is 73.1 Å². The molecule has 35 nitrogen and oxygen atoms in total. The monoisotopic (exact) mass is 1760 g/mol. The summed E-state index contributed by atoms with van der Waals surface area (Å²) in [5.41, 5.74) is 4.01. The fourth-order valence-electron chi connectivity index (χ4n) is 15.4. The highest BCUT2D eigenvalue weighted by Crippen LogP contribution is 2.50. The van der Waals surface area contributed by atoms with Crippen molar-refractivity contribution < 1.29 is 122 Å². The van der Waals surface area contributed by atoms with Crippen LogP contribution in [0.4, 0.5) is 4.39 Å². The standard InChI is InChI=1S/C86H98Cl2FN11O24/c1-7-8-9-40-10-12-41(13-11-40)34-92-36-63(106)100-86(5)33-64(119-39(4)77(86)111)123-76-74(110)73(109)61(37-101)122-85(76)124-75-59-28-46-29-60(75)121-58-23-18-45(27-52(58)88)72(108)70-84(118)97-68(80(114)93-35-42-14-19-47(89)20-15-42)50-30-48(102)31-56(104)65(50)49-25-43(16-21-55(49)103)66(81(115)99-70)96-82(116)67(46)95-79(113)54(32-62(90)105)94-83(117)69(98-78(112)53(91-6)24-38(2)3)71(107)44-17-22-57(120-59)51(87)26-44/h10-23,25-31,38-39,53-54,61,64,66-74,76-77,85,91-92,101-104,107-111H,7-9,24,32-37H2,1-6H3,(H2,90,105)(H,93,114)(H,94,117)(H,95,113)(H,96,116)(H,97,118)(H,98,112)(H,99,115)(H,100,106)/t39-,53+,54-,61+,64-,66+,67+,68-,69+,70-,71+,72+,73+,74-,76+,77+,85-,86-/m0/s1. The van der Waals surface area contributed by atoms with Gasteiger partial charge in [-0.2, -0.15) is 0 Å². The number of aliphatic hydroxyl groups excluding tert-OH is 6. The molecule has 7 aliphatic heterocycles. The number of unbranched alkanes of at least 4 members (excludes halogenated alkanes) is 1. The van der Waals surface area contributed by atoms with E-state index in [9.17, 15) is 69.5 Å². The number of ether oxygens (including phenoxy) is 6. The summed E-state index contributed by atoms with van der Waals surface area (Å²) in [5, 5.41) is 133. The Morgan fingerprint density at radius 2 is 1.29 bits per heavy atom. The van der Waals surface area contributed by atoms with Gasteiger partial charge in [-0.15, -0.1) is 0 Å². The van der Waals surface area contributed by atoms with Crippen molar-refractivity contribution in [3.63, 3.8) is 0 Å². The number of primary amides is 1. The molecule has 7 aromatic rings. The van der Waals surface area contributed by atoms with Crippen molar-refractivity contribution in [3.8, 4) is 57.1 Å². The van der Waals surface area contributed by atoms with Crippen molar-refractivity contribution >= 4 is 76.4 Å². The SMILES string of the molecule is CCCCc1ccc(CNCC(=O)N[C@@]2(C)C[C@H](O[C@H]3[C@H](Oc4c5cc6cc4Oc4ccc(cc4Cl)[C@@H](O)[C@@H](NC(=O)[C@@H](CC(C)C)NC)C(=O)N[C@@H](CC(N)=O)C(=O)N[C@H]6C(=O)N[C@H]4C(=O)N[C@H](C(=O)N[C@H](C(=O)NCc6ccc(F)cc6)c6cc(O)cc(O)c6-c6cc4ccc6O)[C@H](O)c4ccc(c(Cl)c4)O5)O[C@H](CO)[C@@H](O)[C@@H]3O)O[C@@H](C)[C@H]2O)cc1. The van der Waals surface area contributed by atoms with Gasteiger partial charge in [0, 0.05) is 36.7 Å². The van der Waals surface area contributed by atoms with Crippen molar-refractivity contribution in [1.29, 1.82) is 0 Å². The van der Waals surface area contributed by atoms with E-state index in [1.165, 1.54) is 50.7 Å². The van der Waals surface area contributed by atoms with E-state index in [-0.39, 0.29) is 59.3 Å². The number of hydrogen-bond donors (Lipinski definition) is 20. The van der Waals surface area contributed by atoms with Crippen molar-refractivity contribution in [2.75, 3.05) is 20.2 Å². The van der Waals surface area contributed by atoms with Gasteiger partial charge in [-0.1, -0.05) is 105 Å². The maximum absolute atomic E-state index is 16.4. The Bertz CT molecular complexity index is 5160. The van der Waals surface area contributed by atoms with Gasteiger partial charge < -0.3 is 133 Å². The lowest BCUT2D eigenvalue weighted by atomic mass is 9.85. The Balaban J connectivity index is 1.02. The molecule has 0 unspecified atom stereocenters. The highest BCUT2D eigenvalue weighted by Gasteiger charge is 2.53. The van der Waals surface area contributed by atoms with E-state index in [0.717, 1.165) is 104 Å². The molecule has 38 heteroatoms. The zero-order valence-electron chi connectivity index (χ0n) is 67.9. The zero-order valence-corrected chi connectivity index (χ0v) is 69.5. The maximum Gasteiger partial charge on any atom is 0.248 e. The van der Waals surface area contributed by atoms with Gasteiger partial charge in [0.05, 0.1) is 47.3 Å². The third kappa shape index (κ3) is 21.2. The predicted octanol–water partition coefficient (Wildman–Crippen LogP) is 3.77. The summed E-state index contributed by atoms with van der Waals surface area (Å²) >= 11 is 14.4. The Labute approximate surface area is 720 Å². The average Bonchev–Trinajstić information content (AvgIpc) is 0.691. The smallest absolute Gasteiger partial charge is 0.248 e. The molecule has 21 N–H and O–H groups in total. The van der Waals surface area contributed by atoms with Crippen LogP contribution in [0.1, 0.15) is 142 Å². The molecule has 0 saturated carbocycles. The summed E-state index contributed by atoms with van der Waals surface area (Å²) in [6.07, 6.45) is -16.7. The minimum absolute atomic E-state index is 0.119. The molecule has 124 heavy (non-hydrogen) atoms. The molecule has 2 fully saturated rings. The molecule has 0 spiro atoms. The number of carbonyl (C=O) groups excluding carboxylic acids is 9. The largest absolute Gasteiger partial charge is 0.508 e. The van der Waals surface area contributed by atoms with Crippen molar-refractivity contribution in [1.82, 2.24) is 53.2 Å². The minimum atomic E-state index is -2.39. The van der Waals surface area contributed by atoms with E-state index < -0.39 is 249 Å². The van der Waals surface area contributed by atoms with Gasteiger partial charge in [0.1, 0.15) is 107 Å². The van der Waals surface area contributed by atoms with Crippen LogP contribution >= 0.6 is 23.2 Å². The van der Waals surface area contributed by atoms with Crippen LogP contribution in [-0.4, -0.2) is 198 Å². The molecule has 0 radical (unpaired) electrons. The molecule has 11 bridgehead atoms. The number of fused-ring (bicyclic) bond motifs is 15. The van der Waals surface area contributed by atoms with Gasteiger partial charge in [-0.3, -0.25) is 43.2 Å². The van der Waals surface area contributed by atoms with E-state index in [1.54, 1.807) is 0 Å². The van der Waals surface area contributed by atoms with Crippen molar-refractivity contribution in [2.24, 2.45) is 11.7 Å². The Kier molecular flexibility index (Phi) is 29.4. The van der Waals surface area contributed by atoms with Gasteiger partial charge in [0.25, 0.3) is 0 Å². The van der Waals surface area contributed by atoms with Crippen LogP contribution in [0, 0.1) is 11.7 Å². The Morgan fingerprint density at radius 1 is 0.677 bits per heavy atom. The number of nitrogens with two attached hydrogens (primary N) is 1. The summed E-state index contributed by atoms with van der Waals surface area (Å²) in [5.74, 6) is -16.5. The van der Waals surface area contributed by atoms with Gasteiger partial charge in [-0.25, -0.2) is 4.39 Å². The number of aryl methyl sites for hydroxylation is 1. The molecule has 14 rings (SSSR count). The number of carbonyl (C=O) groups is 9. The number of benzene rings is 7. The number of phenolic OH excluding ortho intramolecular Hbond substituents is 3. The van der Waals surface area contributed by atoms with Crippen molar-refractivity contribution in [3.05, 3.63) is 188 Å². The van der Waals surface area contributed by atoms with Crippen LogP contribution in [0.2, 0.25) is 10.0 Å². The third-order valence-electron chi connectivity index (χ3n) is 22.0. The van der Waals surface area contributed by atoms with Crippen LogP contribution in [0.15, 0.2) is 127 Å². The third-order valence-corrected chi connectivity index (χ3v) is 22.6. The second kappa shape index (κ2) is 39.7. The average molecular weight is 1760 g/mol. The molecule has 0 aromatic heterocycles. The molecule has 2 saturated heterocycles. The number of amides is 9. The lowest BCUT2D eigenvalue weighted by molar-refractivity contribution is -0.334. The molecular formula is C86H98Cl2FN11O24. The molecule has 7 heterocycles. The van der Waals surface area contributed by atoms with Crippen LogP contribution in [0.25, 0.3) is 11.1 Å². The molecule has 7 aromatic carbocycles. The van der Waals surface area contributed by atoms with E-state index in [4.69, 9.17) is 57.4 Å². The van der Waals surface area contributed by atoms with Crippen molar-refractivity contribution in [2.45, 2.75) is 195 Å². The van der Waals surface area contributed by atoms with Gasteiger partial charge in [0.15, 0.2) is 23.9 Å². The number of likely N-dealkylation sites (N-methyl/N-ethyl adjacent to an activating group) is 1. The quantitative estimate of drug-likeness (QED) is 0.0433. The zero-order chi connectivity index (χ0) is 89.4. The first-order valence-electron chi connectivity index (χ1n) is 40.1. The second-order valence-electron chi connectivity index (χ2n) is 31.7. The molecule has 7 aliphatic rings. The van der Waals surface area contributed by atoms with Crippen LogP contribution in [0.5, 0.6) is 46.0 Å². The Hall–Kier alpha value is -11.4. The number of halogens is 3. The number of aliphatic hydroxyl groups is 6. The fourth-order valence-corrected chi connectivity index (χ4v) is 15.8. The summed E-state index contributed by atoms with van der Waals surface area (Å²) < 4.78 is 53.5. The molecule has 18 atom stereocenters. The highest BCUT2D eigenvalue weighted by molar-refractivity contribution is 6.32. The number of phenols is 3. The van der Waals surface area contributed by atoms with Gasteiger partial charge in [-0.05, 0) is 157 Å². The maximum atomic E-state index is 16.4. The molecular weight excluding hydrogens is 1660 g/mol. The fraction of sp³-hybridized carbons (Fsp3) is 0.407. The van der Waals surface area contributed by atoms with Gasteiger partial charge in [0.2, 0.25) is 65.2 Å². The summed E-state index contributed by atoms with van der Waals surface area (Å²) in [6, 6.07) is 12.5. The lowest BCUT2D eigenvalue weighted by Gasteiger charge is -2.48. The minimum Gasteiger partial charge on any atom is -0.508 e. The van der Waals surface area contributed by atoms with Gasteiger partial charge >= 0.3 is 0 Å². The normalized spacial score (nSPS) is 26.0. The number of rotatable bonds is 23. The summed E-state index contributed by atoms with van der Waals surface area (Å²) in [6.45, 7) is 7.49. The Morgan fingerprint density at radius 3 is 1.92 bits per heavy atom. The molecule has 9 amide bonds. The first kappa shape index (κ1) is 91.8. The predicted molar refractivity (Wildman–Crippen MR) is 441 cm³/mol.